The average Bonchev–Trinajstić information content (AvgIpc) is 2.61. The molecular weight excluding hydrogens is 184 g/mol. The number of aromatic nitrogens is 2. The van der Waals surface area contributed by atoms with Crippen LogP contribution in [0.3, 0.4) is 0 Å². The summed E-state index contributed by atoms with van der Waals surface area (Å²) in [5.74, 6) is 0. The first-order chi connectivity index (χ1) is 7.02. The molecule has 0 radical (unpaired) electrons. The zero-order chi connectivity index (χ0) is 10.9. The highest BCUT2D eigenvalue weighted by Crippen LogP contribution is 2.45. The Hall–Kier alpha value is -0.790. The lowest BCUT2D eigenvalue weighted by Crippen LogP contribution is -2.27. The van der Waals surface area contributed by atoms with Crippen molar-refractivity contribution >= 4 is 0 Å². The van der Waals surface area contributed by atoms with Crippen molar-refractivity contribution in [3.8, 4) is 0 Å². The molecule has 0 bridgehead atoms. The maximum atomic E-state index is 4.10. The molecule has 1 unspecified atom stereocenters. The Morgan fingerprint density at radius 1 is 1.20 bits per heavy atom. The molecule has 0 aromatic carbocycles. The average molecular weight is 206 g/mol. The molecule has 2 nitrogen and oxygen atoms in total. The predicted octanol–water partition coefficient (Wildman–Crippen LogP) is 3.66. The molecule has 1 aliphatic rings. The minimum atomic E-state index is 0.326. The molecule has 84 valence electrons. The van der Waals surface area contributed by atoms with E-state index in [4.69, 9.17) is 0 Å². The maximum absolute atomic E-state index is 4.10. The van der Waals surface area contributed by atoms with Gasteiger partial charge in [0.15, 0.2) is 0 Å². The summed E-state index contributed by atoms with van der Waals surface area (Å²) in [4.78, 5) is 0. The van der Waals surface area contributed by atoms with Crippen LogP contribution in [0.4, 0.5) is 0 Å². The summed E-state index contributed by atoms with van der Waals surface area (Å²) in [6, 6.07) is 0. The summed E-state index contributed by atoms with van der Waals surface area (Å²) in [7, 11) is 0. The molecule has 0 saturated heterocycles. The molecule has 1 heterocycles. The molecule has 0 aliphatic heterocycles. The monoisotopic (exact) mass is 206 g/mol. The predicted molar refractivity (Wildman–Crippen MR) is 62.8 cm³/mol. The van der Waals surface area contributed by atoms with E-state index in [9.17, 15) is 0 Å². The second-order valence-corrected chi connectivity index (χ2v) is 6.10. The zero-order valence-electron chi connectivity index (χ0n) is 10.1. The van der Waals surface area contributed by atoms with Crippen LogP contribution in [0.25, 0.3) is 0 Å². The first-order valence-corrected chi connectivity index (χ1v) is 6.01. The normalized spacial score (nSPS) is 31.1. The highest BCUT2D eigenvalue weighted by atomic mass is 15.1. The Kier molecular flexibility index (Phi) is 2.61. The number of hydrogen-bond donors (Lipinski definition) is 1. The first kappa shape index (κ1) is 10.7. The molecule has 0 spiro atoms. The van der Waals surface area contributed by atoms with Gasteiger partial charge in [0.25, 0.3) is 0 Å². The third kappa shape index (κ3) is 2.24. The number of H-pyrrole nitrogens is 1. The molecule has 2 rings (SSSR count). The van der Waals surface area contributed by atoms with Gasteiger partial charge in [0.05, 0.1) is 6.20 Å². The van der Waals surface area contributed by atoms with Gasteiger partial charge in [-0.2, -0.15) is 5.10 Å². The Morgan fingerprint density at radius 2 is 1.93 bits per heavy atom. The van der Waals surface area contributed by atoms with E-state index in [-0.39, 0.29) is 0 Å². The van der Waals surface area contributed by atoms with Gasteiger partial charge in [-0.05, 0) is 35.7 Å². The Balaban J connectivity index is 2.26. The highest BCUT2D eigenvalue weighted by Gasteiger charge is 2.36. The van der Waals surface area contributed by atoms with Gasteiger partial charge in [0.2, 0.25) is 0 Å². The van der Waals surface area contributed by atoms with Gasteiger partial charge in [-0.1, -0.05) is 33.6 Å². The molecule has 1 atom stereocenters. The molecule has 1 saturated carbocycles. The van der Waals surface area contributed by atoms with Crippen molar-refractivity contribution in [1.82, 2.24) is 10.2 Å². The van der Waals surface area contributed by atoms with Crippen molar-refractivity contribution in [2.75, 3.05) is 0 Å². The van der Waals surface area contributed by atoms with Crippen molar-refractivity contribution in [2.24, 2.45) is 5.41 Å². The molecule has 1 N–H and O–H groups in total. The molecule has 1 aromatic rings. The molecular formula is C13H22N2. The van der Waals surface area contributed by atoms with Gasteiger partial charge in [-0.15, -0.1) is 0 Å². The number of nitrogens with zero attached hydrogens (tertiary/aromatic N) is 1. The van der Waals surface area contributed by atoms with Crippen LogP contribution in [0.1, 0.15) is 58.4 Å². The second kappa shape index (κ2) is 3.66. The summed E-state index contributed by atoms with van der Waals surface area (Å²) in [5, 5.41) is 7.05. The Bertz CT molecular complexity index is 313. The minimum absolute atomic E-state index is 0.326. The summed E-state index contributed by atoms with van der Waals surface area (Å²) < 4.78 is 0. The van der Waals surface area contributed by atoms with Crippen LogP contribution in [0.15, 0.2) is 12.4 Å². The maximum Gasteiger partial charge on any atom is 0.0524 e. The quantitative estimate of drug-likeness (QED) is 0.698. The lowest BCUT2D eigenvalue weighted by molar-refractivity contribution is 0.247. The van der Waals surface area contributed by atoms with E-state index in [2.05, 4.69) is 37.2 Å². The fraction of sp³-hybridized carbons (Fsp3) is 0.769. The molecule has 1 aliphatic carbocycles. The SMILES string of the molecule is CC1(C)CCCCC(C)(c2cn[nH]c2)C1. The number of rotatable bonds is 1. The van der Waals surface area contributed by atoms with Crippen LogP contribution < -0.4 is 0 Å². The van der Waals surface area contributed by atoms with E-state index in [1.165, 1.54) is 37.7 Å². The fourth-order valence-corrected chi connectivity index (χ4v) is 3.18. The summed E-state index contributed by atoms with van der Waals surface area (Å²) >= 11 is 0. The van der Waals surface area contributed by atoms with Gasteiger partial charge in [0.1, 0.15) is 0 Å². The third-order valence-corrected chi connectivity index (χ3v) is 3.90. The highest BCUT2D eigenvalue weighted by molar-refractivity contribution is 5.18. The van der Waals surface area contributed by atoms with E-state index in [1.54, 1.807) is 0 Å². The minimum Gasteiger partial charge on any atom is -0.285 e. The summed E-state index contributed by atoms with van der Waals surface area (Å²) in [6.07, 6.45) is 10.7. The largest absolute Gasteiger partial charge is 0.285 e. The smallest absolute Gasteiger partial charge is 0.0524 e. The van der Waals surface area contributed by atoms with Crippen molar-refractivity contribution in [2.45, 2.75) is 58.3 Å². The van der Waals surface area contributed by atoms with Gasteiger partial charge in [-0.3, -0.25) is 5.10 Å². The van der Waals surface area contributed by atoms with Crippen LogP contribution in [0.2, 0.25) is 0 Å². The lowest BCUT2D eigenvalue weighted by Gasteiger charge is -2.34. The molecule has 1 fully saturated rings. The van der Waals surface area contributed by atoms with Gasteiger partial charge in [-0.25, -0.2) is 0 Å². The Labute approximate surface area is 92.5 Å². The molecule has 15 heavy (non-hydrogen) atoms. The van der Waals surface area contributed by atoms with Gasteiger partial charge < -0.3 is 0 Å². The first-order valence-electron chi connectivity index (χ1n) is 6.01. The van der Waals surface area contributed by atoms with Crippen molar-refractivity contribution in [1.29, 1.82) is 0 Å². The van der Waals surface area contributed by atoms with Crippen LogP contribution in [-0.4, -0.2) is 10.2 Å². The Morgan fingerprint density at radius 3 is 2.60 bits per heavy atom. The van der Waals surface area contributed by atoms with Crippen LogP contribution in [0.5, 0.6) is 0 Å². The zero-order valence-corrected chi connectivity index (χ0v) is 10.1. The van der Waals surface area contributed by atoms with E-state index in [1.807, 2.05) is 6.20 Å². The second-order valence-electron chi connectivity index (χ2n) is 6.10. The molecule has 2 heteroatoms. The van der Waals surface area contributed by atoms with Crippen LogP contribution in [-0.2, 0) is 5.41 Å². The van der Waals surface area contributed by atoms with Crippen LogP contribution >= 0.6 is 0 Å². The fourth-order valence-electron chi connectivity index (χ4n) is 3.18. The standard InChI is InChI=1S/C13H22N2/c1-12(2)6-4-5-7-13(3,10-12)11-8-14-15-9-11/h8-9H,4-7,10H2,1-3H3,(H,14,15). The third-order valence-electron chi connectivity index (χ3n) is 3.90. The van der Waals surface area contributed by atoms with Crippen molar-refractivity contribution in [3.05, 3.63) is 18.0 Å². The van der Waals surface area contributed by atoms with Gasteiger partial charge in [0, 0.05) is 6.20 Å². The van der Waals surface area contributed by atoms with E-state index >= 15 is 0 Å². The van der Waals surface area contributed by atoms with E-state index < -0.39 is 0 Å². The number of hydrogen-bond acceptors (Lipinski definition) is 1. The summed E-state index contributed by atoms with van der Waals surface area (Å²) in [5.41, 5.74) is 2.19. The van der Waals surface area contributed by atoms with E-state index in [0.717, 1.165) is 0 Å². The lowest BCUT2D eigenvalue weighted by atomic mass is 9.70. The van der Waals surface area contributed by atoms with Crippen molar-refractivity contribution < 1.29 is 0 Å². The van der Waals surface area contributed by atoms with E-state index in [0.29, 0.717) is 10.8 Å². The summed E-state index contributed by atoms with van der Waals surface area (Å²) in [6.45, 7) is 7.19. The van der Waals surface area contributed by atoms with Crippen LogP contribution in [0, 0.1) is 5.41 Å². The number of aromatic amines is 1. The van der Waals surface area contributed by atoms with Crippen molar-refractivity contribution in [3.63, 3.8) is 0 Å². The molecule has 0 amide bonds. The molecule has 1 aromatic heterocycles. The number of nitrogens with one attached hydrogen (secondary N) is 1. The van der Waals surface area contributed by atoms with Gasteiger partial charge >= 0.3 is 0 Å². The topological polar surface area (TPSA) is 28.7 Å².